The van der Waals surface area contributed by atoms with E-state index in [-0.39, 0.29) is 18.2 Å². The lowest BCUT2D eigenvalue weighted by molar-refractivity contribution is -0.130. The van der Waals surface area contributed by atoms with Gasteiger partial charge in [0.15, 0.2) is 0 Å². The highest BCUT2D eigenvalue weighted by Gasteiger charge is 2.42. The van der Waals surface area contributed by atoms with Crippen molar-refractivity contribution in [2.24, 2.45) is 7.05 Å². The van der Waals surface area contributed by atoms with Gasteiger partial charge in [-0.2, -0.15) is 5.10 Å². The predicted octanol–water partition coefficient (Wildman–Crippen LogP) is 8.11. The average molecular weight is 679 g/mol. The standard InChI is InChI=1S/C44H34N6O2/c1-29(30-15-7-3-8-16-30)49-41(51)27-32-26-39-37(28-36(32)43(49)52)42(31-23-24-38-40(25-31)48(2)47-45-38)46-50(39)44(33-17-9-4-10-18-33,34-19-11-5-12-20-34)35-21-13-6-14-22-35/h3-26,28-29H,27H2,1-2H3/t29-/m1/s1. The minimum absolute atomic E-state index is 0.0936. The molecule has 1 aliphatic rings. The van der Waals surface area contributed by atoms with Crippen molar-refractivity contribution >= 4 is 33.8 Å². The Kier molecular flexibility index (Phi) is 7.40. The van der Waals surface area contributed by atoms with E-state index >= 15 is 0 Å². The van der Waals surface area contributed by atoms with Gasteiger partial charge in [-0.05, 0) is 59.0 Å². The minimum Gasteiger partial charge on any atom is -0.274 e. The van der Waals surface area contributed by atoms with Crippen LogP contribution in [0.25, 0.3) is 33.2 Å². The van der Waals surface area contributed by atoms with Gasteiger partial charge in [-0.1, -0.05) is 133 Å². The Labute approximate surface area is 300 Å². The summed E-state index contributed by atoms with van der Waals surface area (Å²) in [5, 5.41) is 14.9. The molecular formula is C44H34N6O2. The molecule has 0 bridgehead atoms. The third kappa shape index (κ3) is 4.79. The SMILES string of the molecule is C[C@H](c1ccccc1)N1C(=O)Cc2cc3c(cc2C1=O)c(-c1ccc2nnn(C)c2c1)nn3C(c1ccccc1)(c1ccccc1)c1ccccc1. The lowest BCUT2D eigenvalue weighted by Gasteiger charge is -2.37. The molecule has 2 amide bonds. The quantitative estimate of drug-likeness (QED) is 0.126. The summed E-state index contributed by atoms with van der Waals surface area (Å²) in [5.41, 5.74) is 8.22. The van der Waals surface area contributed by atoms with Crippen LogP contribution in [0.4, 0.5) is 0 Å². The molecule has 0 saturated heterocycles. The van der Waals surface area contributed by atoms with E-state index in [1.165, 1.54) is 4.90 Å². The van der Waals surface area contributed by atoms with Crippen LogP contribution < -0.4 is 0 Å². The van der Waals surface area contributed by atoms with Crippen LogP contribution in [0.1, 0.15) is 51.1 Å². The van der Waals surface area contributed by atoms with Crippen LogP contribution in [0, 0.1) is 0 Å². The summed E-state index contributed by atoms with van der Waals surface area (Å²) in [6, 6.07) is 50.4. The normalized spacial score (nSPS) is 13.8. The van der Waals surface area contributed by atoms with Crippen LogP contribution >= 0.6 is 0 Å². The summed E-state index contributed by atoms with van der Waals surface area (Å²) < 4.78 is 3.84. The topological polar surface area (TPSA) is 85.9 Å². The van der Waals surface area contributed by atoms with E-state index in [4.69, 9.17) is 5.10 Å². The average Bonchev–Trinajstić information content (AvgIpc) is 3.75. The van der Waals surface area contributed by atoms with Crippen molar-refractivity contribution in [3.63, 3.8) is 0 Å². The number of benzene rings is 6. The number of aromatic nitrogens is 5. The van der Waals surface area contributed by atoms with E-state index in [0.717, 1.165) is 49.8 Å². The molecule has 8 aromatic rings. The number of hydrogen-bond acceptors (Lipinski definition) is 5. The number of hydrogen-bond donors (Lipinski definition) is 0. The maximum absolute atomic E-state index is 14.4. The van der Waals surface area contributed by atoms with Crippen LogP contribution in [-0.4, -0.2) is 41.5 Å². The van der Waals surface area contributed by atoms with E-state index in [9.17, 15) is 9.59 Å². The number of carbonyl (C=O) groups is 2. The summed E-state index contributed by atoms with van der Waals surface area (Å²) >= 11 is 0. The molecule has 1 aliphatic heterocycles. The van der Waals surface area contributed by atoms with E-state index in [1.54, 1.807) is 4.68 Å². The van der Waals surface area contributed by atoms with Gasteiger partial charge in [-0.15, -0.1) is 5.10 Å². The van der Waals surface area contributed by atoms with Gasteiger partial charge in [0.2, 0.25) is 5.91 Å². The first kappa shape index (κ1) is 31.3. The molecular weight excluding hydrogens is 645 g/mol. The van der Waals surface area contributed by atoms with Crippen molar-refractivity contribution in [2.75, 3.05) is 0 Å². The van der Waals surface area contributed by atoms with Crippen molar-refractivity contribution in [3.05, 3.63) is 185 Å². The number of amides is 2. The van der Waals surface area contributed by atoms with Crippen molar-refractivity contribution in [3.8, 4) is 11.3 Å². The molecule has 252 valence electrons. The molecule has 9 rings (SSSR count). The highest BCUT2D eigenvalue weighted by molar-refractivity contribution is 6.13. The number of carbonyl (C=O) groups excluding carboxylic acids is 2. The fraction of sp³-hybridized carbons (Fsp3) is 0.114. The van der Waals surface area contributed by atoms with Gasteiger partial charge in [-0.3, -0.25) is 14.5 Å². The van der Waals surface area contributed by atoms with Gasteiger partial charge in [0.1, 0.15) is 16.7 Å². The molecule has 0 fully saturated rings. The molecule has 8 nitrogen and oxygen atoms in total. The first-order valence-electron chi connectivity index (χ1n) is 17.4. The van der Waals surface area contributed by atoms with Crippen LogP contribution in [0.2, 0.25) is 0 Å². The van der Waals surface area contributed by atoms with Crippen molar-refractivity contribution in [1.82, 2.24) is 29.7 Å². The maximum Gasteiger partial charge on any atom is 0.261 e. The molecule has 2 aromatic heterocycles. The smallest absolute Gasteiger partial charge is 0.261 e. The van der Waals surface area contributed by atoms with E-state index in [1.807, 2.05) is 129 Å². The van der Waals surface area contributed by atoms with Crippen molar-refractivity contribution < 1.29 is 9.59 Å². The van der Waals surface area contributed by atoms with Gasteiger partial charge >= 0.3 is 0 Å². The minimum atomic E-state index is -0.927. The van der Waals surface area contributed by atoms with Gasteiger partial charge in [0.25, 0.3) is 5.91 Å². The second kappa shape index (κ2) is 12.3. The largest absolute Gasteiger partial charge is 0.274 e. The van der Waals surface area contributed by atoms with Crippen LogP contribution in [0.3, 0.4) is 0 Å². The summed E-state index contributed by atoms with van der Waals surface area (Å²) in [6.45, 7) is 1.91. The fourth-order valence-electron chi connectivity index (χ4n) is 7.86. The molecule has 8 heteroatoms. The zero-order chi connectivity index (χ0) is 35.4. The third-order valence-electron chi connectivity index (χ3n) is 10.4. The zero-order valence-corrected chi connectivity index (χ0v) is 28.7. The summed E-state index contributed by atoms with van der Waals surface area (Å²) in [4.78, 5) is 29.7. The Morgan fingerprint density at radius 2 is 1.25 bits per heavy atom. The van der Waals surface area contributed by atoms with Crippen LogP contribution in [-0.2, 0) is 23.8 Å². The second-order valence-corrected chi connectivity index (χ2v) is 13.3. The van der Waals surface area contributed by atoms with E-state index < -0.39 is 11.6 Å². The lowest BCUT2D eigenvalue weighted by Crippen LogP contribution is -2.43. The van der Waals surface area contributed by atoms with Crippen LogP contribution in [0.5, 0.6) is 0 Å². The molecule has 0 saturated carbocycles. The molecule has 0 spiro atoms. The van der Waals surface area contributed by atoms with Gasteiger partial charge in [0.05, 0.1) is 23.5 Å². The first-order chi connectivity index (χ1) is 25.4. The van der Waals surface area contributed by atoms with E-state index in [2.05, 4.69) is 51.4 Å². The molecule has 0 radical (unpaired) electrons. The lowest BCUT2D eigenvalue weighted by atomic mass is 9.77. The predicted molar refractivity (Wildman–Crippen MR) is 202 cm³/mol. The molecule has 52 heavy (non-hydrogen) atoms. The molecule has 0 unspecified atom stereocenters. The Morgan fingerprint density at radius 1 is 0.673 bits per heavy atom. The monoisotopic (exact) mass is 678 g/mol. The number of nitrogens with zero attached hydrogens (tertiary/aromatic N) is 6. The summed E-state index contributed by atoms with van der Waals surface area (Å²) in [7, 11) is 1.87. The molecule has 3 heterocycles. The van der Waals surface area contributed by atoms with Crippen molar-refractivity contribution in [1.29, 1.82) is 0 Å². The number of fused-ring (bicyclic) bond motifs is 3. The summed E-state index contributed by atoms with van der Waals surface area (Å²) in [6.07, 6.45) is 0.0936. The highest BCUT2D eigenvalue weighted by Crippen LogP contribution is 2.45. The molecule has 0 N–H and O–H groups in total. The third-order valence-corrected chi connectivity index (χ3v) is 10.4. The van der Waals surface area contributed by atoms with E-state index in [0.29, 0.717) is 16.8 Å². The first-order valence-corrected chi connectivity index (χ1v) is 17.4. The fourth-order valence-corrected chi connectivity index (χ4v) is 7.86. The van der Waals surface area contributed by atoms with Crippen LogP contribution in [0.15, 0.2) is 152 Å². The second-order valence-electron chi connectivity index (χ2n) is 13.3. The molecule has 1 atom stereocenters. The molecule has 0 aliphatic carbocycles. The van der Waals surface area contributed by atoms with Gasteiger partial charge < -0.3 is 0 Å². The molecule has 6 aromatic carbocycles. The Morgan fingerprint density at radius 3 is 1.85 bits per heavy atom. The van der Waals surface area contributed by atoms with Gasteiger partial charge in [0, 0.05) is 23.6 Å². The van der Waals surface area contributed by atoms with Crippen molar-refractivity contribution in [2.45, 2.75) is 24.9 Å². The number of aryl methyl sites for hydroxylation is 1. The Bertz CT molecular complexity index is 2520. The Balaban J connectivity index is 1.37. The van der Waals surface area contributed by atoms with Gasteiger partial charge in [-0.25, -0.2) is 9.36 Å². The highest BCUT2D eigenvalue weighted by atomic mass is 16.2. The number of imide groups is 1. The zero-order valence-electron chi connectivity index (χ0n) is 28.7. The maximum atomic E-state index is 14.4. The number of rotatable bonds is 7. The summed E-state index contributed by atoms with van der Waals surface area (Å²) in [5.74, 6) is -0.538. The Hall–Kier alpha value is -6.67.